The summed E-state index contributed by atoms with van der Waals surface area (Å²) in [4.78, 5) is 24.6. The maximum Gasteiger partial charge on any atom is 0.248 e. The van der Waals surface area contributed by atoms with Crippen LogP contribution in [0.4, 0.5) is 0 Å². The van der Waals surface area contributed by atoms with Crippen molar-refractivity contribution in [1.82, 2.24) is 10.2 Å². The zero-order valence-electron chi connectivity index (χ0n) is 8.79. The lowest BCUT2D eigenvalue weighted by Crippen LogP contribution is -2.63. The smallest absolute Gasteiger partial charge is 0.248 e. The molecule has 4 nitrogen and oxygen atoms in total. The largest absolute Gasteiger partial charge is 0.295 e. The highest BCUT2D eigenvalue weighted by molar-refractivity contribution is 7.98. The van der Waals surface area contributed by atoms with Crippen molar-refractivity contribution in [2.75, 3.05) is 25.1 Å². The molecule has 0 atom stereocenters. The summed E-state index contributed by atoms with van der Waals surface area (Å²) in [6, 6.07) is 0. The number of piperazine rings is 1. The molecule has 0 aromatic carbocycles. The number of hydrogen-bond donors (Lipinski definition) is 1. The fourth-order valence-corrected chi connectivity index (χ4v) is 1.69. The Kier molecular flexibility index (Phi) is 3.55. The highest BCUT2D eigenvalue weighted by atomic mass is 32.2. The van der Waals surface area contributed by atoms with Crippen LogP contribution in [0.25, 0.3) is 0 Å². The van der Waals surface area contributed by atoms with E-state index in [9.17, 15) is 9.59 Å². The minimum absolute atomic E-state index is 0.122. The monoisotopic (exact) mass is 216 g/mol. The summed E-state index contributed by atoms with van der Waals surface area (Å²) in [6.07, 6.45) is 1.96. The predicted molar refractivity (Wildman–Crippen MR) is 57.2 cm³/mol. The molecule has 1 heterocycles. The Morgan fingerprint density at radius 3 is 2.71 bits per heavy atom. The van der Waals surface area contributed by atoms with E-state index in [1.807, 2.05) is 6.26 Å². The quantitative estimate of drug-likeness (QED) is 0.679. The highest BCUT2D eigenvalue weighted by Crippen LogP contribution is 2.13. The molecule has 80 valence electrons. The number of nitrogens with one attached hydrogen (secondary N) is 1. The first-order chi connectivity index (χ1) is 6.49. The number of rotatable bonds is 3. The van der Waals surface area contributed by atoms with Crippen molar-refractivity contribution < 1.29 is 9.59 Å². The summed E-state index contributed by atoms with van der Waals surface area (Å²) in [6.45, 7) is 4.37. The Bertz CT molecular complexity index is 253. The lowest BCUT2D eigenvalue weighted by molar-refractivity contribution is -0.152. The van der Waals surface area contributed by atoms with Gasteiger partial charge in [0.2, 0.25) is 11.8 Å². The molecule has 0 radical (unpaired) electrons. The van der Waals surface area contributed by atoms with Crippen molar-refractivity contribution in [2.24, 2.45) is 0 Å². The van der Waals surface area contributed by atoms with Crippen molar-refractivity contribution in [3.63, 3.8) is 0 Å². The molecule has 5 heteroatoms. The SMILES string of the molecule is CSCCN1C(=O)CNC(C)(C)C1=O. The minimum Gasteiger partial charge on any atom is -0.295 e. The third-order valence-corrected chi connectivity index (χ3v) is 2.87. The average Bonchev–Trinajstić information content (AvgIpc) is 2.13. The van der Waals surface area contributed by atoms with Crippen LogP contribution in [0.3, 0.4) is 0 Å². The van der Waals surface area contributed by atoms with Crippen LogP contribution < -0.4 is 5.32 Å². The summed E-state index contributed by atoms with van der Waals surface area (Å²) in [5, 5.41) is 2.92. The Labute approximate surface area is 88.4 Å². The van der Waals surface area contributed by atoms with Gasteiger partial charge in [0, 0.05) is 12.3 Å². The molecule has 1 rings (SSSR count). The third-order valence-electron chi connectivity index (χ3n) is 2.28. The molecule has 14 heavy (non-hydrogen) atoms. The van der Waals surface area contributed by atoms with Gasteiger partial charge in [0.1, 0.15) is 0 Å². The van der Waals surface area contributed by atoms with E-state index >= 15 is 0 Å². The van der Waals surface area contributed by atoms with E-state index in [1.54, 1.807) is 25.6 Å². The van der Waals surface area contributed by atoms with Gasteiger partial charge in [-0.15, -0.1) is 0 Å². The molecule has 0 bridgehead atoms. The van der Waals surface area contributed by atoms with Crippen LogP contribution in [0.5, 0.6) is 0 Å². The normalized spacial score (nSPS) is 21.5. The Balaban J connectivity index is 2.69. The topological polar surface area (TPSA) is 49.4 Å². The van der Waals surface area contributed by atoms with Crippen LogP contribution in [-0.4, -0.2) is 47.4 Å². The fraction of sp³-hybridized carbons (Fsp3) is 0.778. The zero-order chi connectivity index (χ0) is 10.8. The van der Waals surface area contributed by atoms with E-state index in [4.69, 9.17) is 0 Å². The summed E-state index contributed by atoms with van der Waals surface area (Å²) in [5.74, 6) is 0.555. The molecular formula is C9H16N2O2S. The Hall–Kier alpha value is -0.550. The van der Waals surface area contributed by atoms with Crippen LogP contribution in [0.15, 0.2) is 0 Å². The second kappa shape index (κ2) is 4.31. The number of carbonyl (C=O) groups is 2. The van der Waals surface area contributed by atoms with E-state index in [0.29, 0.717) is 6.54 Å². The van der Waals surface area contributed by atoms with Gasteiger partial charge in [-0.1, -0.05) is 0 Å². The number of nitrogens with zero attached hydrogens (tertiary/aromatic N) is 1. The lowest BCUT2D eigenvalue weighted by Gasteiger charge is -2.36. The molecular weight excluding hydrogens is 200 g/mol. The van der Waals surface area contributed by atoms with Gasteiger partial charge >= 0.3 is 0 Å². The van der Waals surface area contributed by atoms with Crippen molar-refractivity contribution in [3.05, 3.63) is 0 Å². The van der Waals surface area contributed by atoms with Crippen molar-refractivity contribution in [3.8, 4) is 0 Å². The predicted octanol–water partition coefficient (Wildman–Crippen LogP) is 0.0864. The van der Waals surface area contributed by atoms with Gasteiger partial charge in [0.15, 0.2) is 0 Å². The maximum atomic E-state index is 11.8. The zero-order valence-corrected chi connectivity index (χ0v) is 9.61. The van der Waals surface area contributed by atoms with Gasteiger partial charge in [-0.3, -0.25) is 19.8 Å². The first kappa shape index (κ1) is 11.5. The number of carbonyl (C=O) groups excluding carboxylic acids is 2. The van der Waals surface area contributed by atoms with Crippen molar-refractivity contribution in [1.29, 1.82) is 0 Å². The van der Waals surface area contributed by atoms with Gasteiger partial charge in [-0.25, -0.2) is 0 Å². The highest BCUT2D eigenvalue weighted by Gasteiger charge is 2.39. The summed E-state index contributed by atoms with van der Waals surface area (Å²) < 4.78 is 0. The first-order valence-electron chi connectivity index (χ1n) is 4.58. The van der Waals surface area contributed by atoms with Gasteiger partial charge in [-0.05, 0) is 20.1 Å². The number of amides is 2. The van der Waals surface area contributed by atoms with Crippen molar-refractivity contribution >= 4 is 23.6 Å². The fourth-order valence-electron chi connectivity index (χ4n) is 1.33. The maximum absolute atomic E-state index is 11.8. The summed E-state index contributed by atoms with van der Waals surface area (Å²) in [7, 11) is 0. The van der Waals surface area contributed by atoms with E-state index in [-0.39, 0.29) is 18.4 Å². The van der Waals surface area contributed by atoms with E-state index < -0.39 is 5.54 Å². The lowest BCUT2D eigenvalue weighted by atomic mass is 10.0. The molecule has 1 fully saturated rings. The van der Waals surface area contributed by atoms with Gasteiger partial charge in [-0.2, -0.15) is 11.8 Å². The molecule has 0 aromatic rings. The number of hydrogen-bond acceptors (Lipinski definition) is 4. The second-order valence-corrected chi connectivity index (χ2v) is 4.81. The molecule has 1 N–H and O–H groups in total. The molecule has 1 aliphatic heterocycles. The second-order valence-electron chi connectivity index (χ2n) is 3.82. The van der Waals surface area contributed by atoms with Crippen LogP contribution in [0.1, 0.15) is 13.8 Å². The van der Waals surface area contributed by atoms with Crippen molar-refractivity contribution in [2.45, 2.75) is 19.4 Å². The van der Waals surface area contributed by atoms with Crippen LogP contribution >= 0.6 is 11.8 Å². The minimum atomic E-state index is -0.605. The van der Waals surface area contributed by atoms with E-state index in [2.05, 4.69) is 5.32 Å². The molecule has 2 amide bonds. The molecule has 1 saturated heterocycles. The van der Waals surface area contributed by atoms with Crippen LogP contribution in [-0.2, 0) is 9.59 Å². The Morgan fingerprint density at radius 1 is 1.50 bits per heavy atom. The van der Waals surface area contributed by atoms with E-state index in [1.165, 1.54) is 4.90 Å². The molecule has 0 saturated carbocycles. The molecule has 1 aliphatic rings. The molecule has 0 aromatic heterocycles. The van der Waals surface area contributed by atoms with Crippen LogP contribution in [0.2, 0.25) is 0 Å². The van der Waals surface area contributed by atoms with Crippen LogP contribution in [0, 0.1) is 0 Å². The molecule has 0 aliphatic carbocycles. The summed E-state index contributed by atoms with van der Waals surface area (Å²) >= 11 is 1.63. The molecule has 0 spiro atoms. The molecule has 0 unspecified atom stereocenters. The van der Waals surface area contributed by atoms with Gasteiger partial charge in [0.05, 0.1) is 12.1 Å². The third kappa shape index (κ3) is 2.27. The first-order valence-corrected chi connectivity index (χ1v) is 5.97. The standard InChI is InChI=1S/C9H16N2O2S/c1-9(2)8(13)11(4-5-14-3)7(12)6-10-9/h10H,4-6H2,1-3H3. The number of imide groups is 1. The average molecular weight is 216 g/mol. The Morgan fingerprint density at radius 2 is 2.14 bits per heavy atom. The number of thioether (sulfide) groups is 1. The van der Waals surface area contributed by atoms with E-state index in [0.717, 1.165) is 5.75 Å². The van der Waals surface area contributed by atoms with Gasteiger partial charge in [0.25, 0.3) is 0 Å². The van der Waals surface area contributed by atoms with Gasteiger partial charge < -0.3 is 0 Å². The summed E-state index contributed by atoms with van der Waals surface area (Å²) in [5.41, 5.74) is -0.605.